The van der Waals surface area contributed by atoms with Gasteiger partial charge < -0.3 is 5.43 Å². The van der Waals surface area contributed by atoms with Crippen LogP contribution in [0.3, 0.4) is 0 Å². The molecule has 1 saturated carbocycles. The average molecular weight is 166 g/mol. The molecule has 68 valence electrons. The Hall–Kier alpha value is -0.790. The van der Waals surface area contributed by atoms with Gasteiger partial charge in [0.2, 0.25) is 0 Å². The summed E-state index contributed by atoms with van der Waals surface area (Å²) in [5.41, 5.74) is 4.16. The monoisotopic (exact) mass is 166 g/mol. The molecule has 0 amide bonds. The van der Waals surface area contributed by atoms with E-state index in [0.717, 1.165) is 5.57 Å². The molecule has 1 rings (SSSR count). The van der Waals surface area contributed by atoms with Crippen molar-refractivity contribution in [1.29, 1.82) is 0 Å². The number of hydrogen-bond acceptors (Lipinski definition) is 2. The maximum atomic E-state index is 4.12. The number of rotatable bonds is 3. The number of hydrazone groups is 1. The molecule has 0 aliphatic heterocycles. The minimum absolute atomic E-state index is 0.606. The summed E-state index contributed by atoms with van der Waals surface area (Å²) in [6.45, 7) is 5.70. The molecule has 0 aromatic rings. The minimum Gasteiger partial charge on any atom is -0.307 e. The second-order valence-electron chi connectivity index (χ2n) is 3.57. The molecule has 0 atom stereocenters. The molecular weight excluding hydrogens is 148 g/mol. The van der Waals surface area contributed by atoms with Gasteiger partial charge in [-0.1, -0.05) is 25.8 Å². The van der Waals surface area contributed by atoms with Crippen LogP contribution in [-0.2, 0) is 0 Å². The van der Waals surface area contributed by atoms with E-state index in [4.69, 9.17) is 0 Å². The summed E-state index contributed by atoms with van der Waals surface area (Å²) in [6.07, 6.45) is 8.42. The van der Waals surface area contributed by atoms with E-state index >= 15 is 0 Å². The lowest BCUT2D eigenvalue weighted by Gasteiger charge is -2.20. The van der Waals surface area contributed by atoms with E-state index < -0.39 is 0 Å². The summed E-state index contributed by atoms with van der Waals surface area (Å²) in [6, 6.07) is 0.606. The zero-order valence-electron chi connectivity index (χ0n) is 7.84. The van der Waals surface area contributed by atoms with Crippen LogP contribution in [0.25, 0.3) is 0 Å². The van der Waals surface area contributed by atoms with E-state index in [2.05, 4.69) is 17.1 Å². The van der Waals surface area contributed by atoms with Gasteiger partial charge in [-0.3, -0.25) is 0 Å². The molecule has 2 nitrogen and oxygen atoms in total. The Morgan fingerprint density at radius 3 is 2.67 bits per heavy atom. The fourth-order valence-corrected chi connectivity index (χ4v) is 1.48. The summed E-state index contributed by atoms with van der Waals surface area (Å²) >= 11 is 0. The van der Waals surface area contributed by atoms with Gasteiger partial charge in [-0.15, -0.1) is 0 Å². The topological polar surface area (TPSA) is 24.4 Å². The second-order valence-corrected chi connectivity index (χ2v) is 3.57. The number of allylic oxidation sites excluding steroid dienone is 1. The first-order chi connectivity index (χ1) is 5.79. The van der Waals surface area contributed by atoms with Crippen LogP contribution in [0.4, 0.5) is 0 Å². The van der Waals surface area contributed by atoms with Crippen LogP contribution in [0.2, 0.25) is 0 Å². The maximum absolute atomic E-state index is 4.12. The first kappa shape index (κ1) is 9.30. The molecule has 0 unspecified atom stereocenters. The molecule has 0 aromatic heterocycles. The molecule has 1 aliphatic carbocycles. The highest BCUT2D eigenvalue weighted by Crippen LogP contribution is 2.16. The highest BCUT2D eigenvalue weighted by atomic mass is 15.3. The first-order valence-corrected chi connectivity index (χ1v) is 4.73. The quantitative estimate of drug-likeness (QED) is 0.505. The van der Waals surface area contributed by atoms with Crippen molar-refractivity contribution >= 4 is 6.21 Å². The normalized spacial score (nSPS) is 19.8. The summed E-state index contributed by atoms with van der Waals surface area (Å²) in [7, 11) is 0. The summed E-state index contributed by atoms with van der Waals surface area (Å²) in [5.74, 6) is 0. The van der Waals surface area contributed by atoms with Crippen molar-refractivity contribution in [2.45, 2.75) is 45.1 Å². The van der Waals surface area contributed by atoms with Crippen molar-refractivity contribution < 1.29 is 0 Å². The van der Waals surface area contributed by atoms with Crippen molar-refractivity contribution in [3.8, 4) is 0 Å². The molecule has 1 N–H and O–H groups in total. The summed E-state index contributed by atoms with van der Waals surface area (Å²) in [4.78, 5) is 0. The molecule has 0 saturated heterocycles. The molecule has 12 heavy (non-hydrogen) atoms. The number of nitrogens with zero attached hydrogens (tertiary/aromatic N) is 1. The second kappa shape index (κ2) is 4.96. The lowest BCUT2D eigenvalue weighted by Crippen LogP contribution is -2.26. The predicted molar refractivity (Wildman–Crippen MR) is 53.3 cm³/mol. The van der Waals surface area contributed by atoms with E-state index in [1.165, 1.54) is 32.1 Å². The van der Waals surface area contributed by atoms with E-state index in [0.29, 0.717) is 6.04 Å². The highest BCUT2D eigenvalue weighted by molar-refractivity contribution is 5.76. The zero-order valence-corrected chi connectivity index (χ0v) is 7.84. The number of hydrogen-bond donors (Lipinski definition) is 1. The SMILES string of the molecule is C=C(C)C=NNC1CCCCC1. The number of nitrogens with one attached hydrogen (secondary N) is 1. The maximum Gasteiger partial charge on any atom is 0.0491 e. The molecule has 0 radical (unpaired) electrons. The molecular formula is C10H18N2. The Labute approximate surface area is 74.7 Å². The summed E-state index contributed by atoms with van der Waals surface area (Å²) in [5, 5.41) is 4.12. The molecule has 1 fully saturated rings. The molecule has 0 spiro atoms. The van der Waals surface area contributed by atoms with Gasteiger partial charge in [0.05, 0.1) is 0 Å². The smallest absolute Gasteiger partial charge is 0.0491 e. The van der Waals surface area contributed by atoms with Crippen LogP contribution in [-0.4, -0.2) is 12.3 Å². The molecule has 1 aliphatic rings. The van der Waals surface area contributed by atoms with Crippen LogP contribution < -0.4 is 5.43 Å². The third-order valence-electron chi connectivity index (χ3n) is 2.15. The minimum atomic E-state index is 0.606. The van der Waals surface area contributed by atoms with Crippen LogP contribution in [0.1, 0.15) is 39.0 Å². The van der Waals surface area contributed by atoms with Crippen molar-refractivity contribution in [2.75, 3.05) is 0 Å². The summed E-state index contributed by atoms with van der Waals surface area (Å²) < 4.78 is 0. The molecule has 0 heterocycles. The van der Waals surface area contributed by atoms with Crippen LogP contribution in [0, 0.1) is 0 Å². The lowest BCUT2D eigenvalue weighted by molar-refractivity contribution is 0.381. The standard InChI is InChI=1S/C10H18N2/c1-9(2)8-11-12-10-6-4-3-5-7-10/h8,10,12H,1,3-7H2,2H3. The van der Waals surface area contributed by atoms with Gasteiger partial charge in [-0.2, -0.15) is 5.10 Å². The van der Waals surface area contributed by atoms with Crippen LogP contribution >= 0.6 is 0 Å². The van der Waals surface area contributed by atoms with Crippen LogP contribution in [0.5, 0.6) is 0 Å². The Morgan fingerprint density at radius 2 is 2.08 bits per heavy atom. The Bertz CT molecular complexity index is 167. The third kappa shape index (κ3) is 3.56. The van der Waals surface area contributed by atoms with Gasteiger partial charge in [-0.05, 0) is 25.3 Å². The average Bonchev–Trinajstić information content (AvgIpc) is 2.05. The predicted octanol–water partition coefficient (Wildman–Crippen LogP) is 2.47. The van der Waals surface area contributed by atoms with Crippen LogP contribution in [0.15, 0.2) is 17.3 Å². The highest BCUT2D eigenvalue weighted by Gasteiger charge is 2.10. The van der Waals surface area contributed by atoms with Crippen molar-refractivity contribution in [1.82, 2.24) is 5.43 Å². The van der Waals surface area contributed by atoms with E-state index in [9.17, 15) is 0 Å². The Kier molecular flexibility index (Phi) is 3.85. The Morgan fingerprint density at radius 1 is 1.42 bits per heavy atom. The third-order valence-corrected chi connectivity index (χ3v) is 2.15. The van der Waals surface area contributed by atoms with Crippen molar-refractivity contribution in [2.24, 2.45) is 5.10 Å². The van der Waals surface area contributed by atoms with Crippen molar-refractivity contribution in [3.05, 3.63) is 12.2 Å². The molecule has 2 heteroatoms. The van der Waals surface area contributed by atoms with E-state index in [-0.39, 0.29) is 0 Å². The fourth-order valence-electron chi connectivity index (χ4n) is 1.48. The molecule has 0 bridgehead atoms. The van der Waals surface area contributed by atoms with Crippen molar-refractivity contribution in [3.63, 3.8) is 0 Å². The first-order valence-electron chi connectivity index (χ1n) is 4.73. The largest absolute Gasteiger partial charge is 0.307 e. The van der Waals surface area contributed by atoms with Gasteiger partial charge in [0, 0.05) is 12.3 Å². The van der Waals surface area contributed by atoms with Gasteiger partial charge in [-0.25, -0.2) is 0 Å². The van der Waals surface area contributed by atoms with E-state index in [1.807, 2.05) is 6.92 Å². The zero-order chi connectivity index (χ0) is 8.81. The van der Waals surface area contributed by atoms with Gasteiger partial charge in [0.1, 0.15) is 0 Å². The van der Waals surface area contributed by atoms with Gasteiger partial charge in [0.25, 0.3) is 0 Å². The van der Waals surface area contributed by atoms with Gasteiger partial charge in [0.15, 0.2) is 0 Å². The Balaban J connectivity index is 2.17. The van der Waals surface area contributed by atoms with Gasteiger partial charge >= 0.3 is 0 Å². The van der Waals surface area contributed by atoms with E-state index in [1.54, 1.807) is 6.21 Å². The molecule has 0 aromatic carbocycles. The lowest BCUT2D eigenvalue weighted by atomic mass is 9.96. The fraction of sp³-hybridized carbons (Fsp3) is 0.700.